The van der Waals surface area contributed by atoms with E-state index in [0.29, 0.717) is 0 Å². The van der Waals surface area contributed by atoms with Gasteiger partial charge in [-0.25, -0.2) is 0 Å². The Bertz CT molecular complexity index is 1000. The average molecular weight is 329 g/mol. The van der Waals surface area contributed by atoms with E-state index in [0.717, 1.165) is 33.9 Å². The molecule has 2 aliphatic heterocycles. The maximum absolute atomic E-state index is 6.48. The molecule has 0 saturated heterocycles. The van der Waals surface area contributed by atoms with E-state index in [1.165, 1.54) is 0 Å². The number of fused-ring (bicyclic) bond motifs is 4. The van der Waals surface area contributed by atoms with Crippen molar-refractivity contribution in [2.24, 2.45) is 0 Å². The molecule has 0 aliphatic carbocycles. The second-order valence-electron chi connectivity index (χ2n) is 6.25. The van der Waals surface area contributed by atoms with Gasteiger partial charge in [0.15, 0.2) is 12.4 Å². The molecule has 0 radical (unpaired) electrons. The fraction of sp³-hybridized carbons (Fsp3) is 0.0500. The molecule has 5 heteroatoms. The van der Waals surface area contributed by atoms with E-state index in [2.05, 4.69) is 18.3 Å². The van der Waals surface area contributed by atoms with Crippen LogP contribution in [-0.2, 0) is 0 Å². The molecule has 5 rings (SSSR count). The minimum atomic E-state index is -1.82. The summed E-state index contributed by atoms with van der Waals surface area (Å²) in [5.74, 6) is 2.31. The SMILES string of the molecule is COc1ccc2c(c1)O[B-]1(c3ccccc3)Oc3cccc[n+]3C=C21. The van der Waals surface area contributed by atoms with Crippen LogP contribution in [0.4, 0.5) is 0 Å². The third-order valence-electron chi connectivity index (χ3n) is 4.86. The number of benzene rings is 2. The number of aromatic nitrogens is 1. The van der Waals surface area contributed by atoms with Gasteiger partial charge in [-0.15, -0.1) is 10.0 Å². The molecule has 0 N–H and O–H groups in total. The highest BCUT2D eigenvalue weighted by atomic mass is 16.6. The zero-order valence-electron chi connectivity index (χ0n) is 13.8. The van der Waals surface area contributed by atoms with Crippen LogP contribution < -0.4 is 24.1 Å². The van der Waals surface area contributed by atoms with Gasteiger partial charge in [0.1, 0.15) is 5.75 Å². The molecule has 3 aromatic rings. The lowest BCUT2D eigenvalue weighted by atomic mass is 9.45. The predicted molar refractivity (Wildman–Crippen MR) is 96.9 cm³/mol. The van der Waals surface area contributed by atoms with Gasteiger partial charge < -0.3 is 14.0 Å². The van der Waals surface area contributed by atoms with Crippen molar-refractivity contribution in [3.05, 3.63) is 78.5 Å². The van der Waals surface area contributed by atoms with E-state index < -0.39 is 6.55 Å². The summed E-state index contributed by atoms with van der Waals surface area (Å²) in [6.45, 7) is -1.82. The molecular formula is C20H16BNO3. The Morgan fingerprint density at radius 3 is 2.60 bits per heavy atom. The number of methoxy groups -OCH3 is 1. The van der Waals surface area contributed by atoms with Gasteiger partial charge in [0.05, 0.1) is 12.9 Å². The molecule has 0 saturated carbocycles. The molecule has 25 heavy (non-hydrogen) atoms. The standard InChI is InChI=1S/C20H16BNO3/c1-23-16-10-11-17-18-14-22-12-6-5-9-20(22)25-21(18,24-19(17)13-16)15-7-3-2-4-8-15/h2-14H,1H3. The monoisotopic (exact) mass is 329 g/mol. The van der Waals surface area contributed by atoms with Gasteiger partial charge in [-0.05, 0) is 23.2 Å². The van der Waals surface area contributed by atoms with E-state index in [1.807, 2.05) is 65.4 Å². The molecular weight excluding hydrogens is 313 g/mol. The molecule has 4 nitrogen and oxygen atoms in total. The first-order valence-corrected chi connectivity index (χ1v) is 8.29. The molecule has 0 amide bonds. The second-order valence-corrected chi connectivity index (χ2v) is 6.25. The summed E-state index contributed by atoms with van der Waals surface area (Å²) in [6, 6.07) is 21.9. The fourth-order valence-electron chi connectivity index (χ4n) is 3.66. The highest BCUT2D eigenvalue weighted by molar-refractivity contribution is 6.99. The Morgan fingerprint density at radius 1 is 0.920 bits per heavy atom. The van der Waals surface area contributed by atoms with Crippen molar-refractivity contribution in [3.8, 4) is 17.4 Å². The number of pyridine rings is 1. The molecule has 2 aromatic carbocycles. The summed E-state index contributed by atoms with van der Waals surface area (Å²) < 4.78 is 20.3. The van der Waals surface area contributed by atoms with Gasteiger partial charge in [0.2, 0.25) is 0 Å². The lowest BCUT2D eigenvalue weighted by molar-refractivity contribution is -0.574. The molecule has 0 bridgehead atoms. The summed E-state index contributed by atoms with van der Waals surface area (Å²) in [5.41, 5.74) is 3.08. The summed E-state index contributed by atoms with van der Waals surface area (Å²) in [6.07, 6.45) is 4.08. The Kier molecular flexibility index (Phi) is 2.92. The first kappa shape index (κ1) is 14.2. The highest BCUT2D eigenvalue weighted by Crippen LogP contribution is 2.44. The fourth-order valence-corrected chi connectivity index (χ4v) is 3.66. The maximum atomic E-state index is 6.48. The van der Waals surface area contributed by atoms with Gasteiger partial charge in [0.25, 0.3) is 0 Å². The van der Waals surface area contributed by atoms with Crippen LogP contribution in [0.2, 0.25) is 0 Å². The van der Waals surface area contributed by atoms with Crippen molar-refractivity contribution in [1.82, 2.24) is 0 Å². The lowest BCUT2D eigenvalue weighted by Gasteiger charge is -2.39. The van der Waals surface area contributed by atoms with E-state index in [9.17, 15) is 0 Å². The zero-order chi connectivity index (χ0) is 16.9. The van der Waals surface area contributed by atoms with E-state index in [-0.39, 0.29) is 0 Å². The van der Waals surface area contributed by atoms with Crippen LogP contribution in [0.25, 0.3) is 11.7 Å². The summed E-state index contributed by atoms with van der Waals surface area (Å²) in [7, 11) is 1.66. The van der Waals surface area contributed by atoms with Crippen LogP contribution in [0.15, 0.2) is 72.9 Å². The van der Waals surface area contributed by atoms with Crippen molar-refractivity contribution >= 4 is 23.7 Å². The predicted octanol–water partition coefficient (Wildman–Crippen LogP) is 2.65. The van der Waals surface area contributed by atoms with Crippen LogP contribution in [-0.4, -0.2) is 13.7 Å². The van der Waals surface area contributed by atoms with Crippen LogP contribution in [0, 0.1) is 0 Å². The van der Waals surface area contributed by atoms with E-state index in [4.69, 9.17) is 14.0 Å². The molecule has 1 atom stereocenters. The van der Waals surface area contributed by atoms with Gasteiger partial charge in [0, 0.05) is 18.2 Å². The molecule has 1 aromatic heterocycles. The summed E-state index contributed by atoms with van der Waals surface area (Å²) in [4.78, 5) is 0. The molecule has 122 valence electrons. The molecule has 2 aliphatic rings. The molecule has 0 fully saturated rings. The smallest absolute Gasteiger partial charge is 0.416 e. The number of ether oxygens (including phenoxy) is 1. The molecule has 0 spiro atoms. The maximum Gasteiger partial charge on any atom is 0.416 e. The van der Waals surface area contributed by atoms with E-state index in [1.54, 1.807) is 7.11 Å². The van der Waals surface area contributed by atoms with Crippen molar-refractivity contribution in [2.45, 2.75) is 0 Å². The lowest BCUT2D eigenvalue weighted by Crippen LogP contribution is -2.62. The molecule has 3 heterocycles. The largest absolute Gasteiger partial charge is 0.675 e. The van der Waals surface area contributed by atoms with Crippen LogP contribution in [0.5, 0.6) is 17.4 Å². The normalized spacial score (nSPS) is 19.6. The Morgan fingerprint density at radius 2 is 1.76 bits per heavy atom. The van der Waals surface area contributed by atoms with Crippen molar-refractivity contribution in [3.63, 3.8) is 0 Å². The summed E-state index contributed by atoms with van der Waals surface area (Å²) >= 11 is 0. The topological polar surface area (TPSA) is 31.6 Å². The number of rotatable bonds is 2. The third kappa shape index (κ3) is 1.99. The van der Waals surface area contributed by atoms with Crippen LogP contribution in [0.3, 0.4) is 0 Å². The zero-order valence-corrected chi connectivity index (χ0v) is 13.8. The van der Waals surface area contributed by atoms with E-state index >= 15 is 0 Å². The highest BCUT2D eigenvalue weighted by Gasteiger charge is 2.48. The van der Waals surface area contributed by atoms with Gasteiger partial charge >= 0.3 is 12.4 Å². The minimum Gasteiger partial charge on any atom is -0.675 e. The average Bonchev–Trinajstić information content (AvgIpc) is 3.00. The minimum absolute atomic E-state index is 0.759. The first-order valence-electron chi connectivity index (χ1n) is 8.29. The Labute approximate surface area is 145 Å². The number of hydrogen-bond donors (Lipinski definition) is 0. The second kappa shape index (κ2) is 5.15. The van der Waals surface area contributed by atoms with Crippen molar-refractivity contribution < 1.29 is 18.6 Å². The van der Waals surface area contributed by atoms with Crippen molar-refractivity contribution in [1.29, 1.82) is 0 Å². The quantitative estimate of drug-likeness (QED) is 0.535. The summed E-state index contributed by atoms with van der Waals surface area (Å²) in [5, 5.41) is 0. The van der Waals surface area contributed by atoms with Gasteiger partial charge in [-0.2, -0.15) is 0 Å². The first-order chi connectivity index (χ1) is 12.3. The van der Waals surface area contributed by atoms with Gasteiger partial charge in [-0.3, -0.25) is 0 Å². The third-order valence-corrected chi connectivity index (χ3v) is 4.86. The van der Waals surface area contributed by atoms with Crippen LogP contribution in [0.1, 0.15) is 5.56 Å². The van der Waals surface area contributed by atoms with Crippen molar-refractivity contribution in [2.75, 3.05) is 7.11 Å². The Hall–Kier alpha value is -3.21. The number of hydrogen-bond acceptors (Lipinski definition) is 3. The number of nitrogens with zero attached hydrogens (tertiary/aromatic N) is 1. The Balaban J connectivity index is 1.77. The van der Waals surface area contributed by atoms with Gasteiger partial charge in [-0.1, -0.05) is 36.4 Å². The van der Waals surface area contributed by atoms with Crippen LogP contribution >= 0.6 is 0 Å². The molecule has 1 unspecified atom stereocenters.